The molecular weight excluding hydrogens is 434 g/mol. The molecule has 4 rings (SSSR count). The molecule has 0 saturated carbocycles. The number of nitrogens with one attached hydrogen (secondary N) is 1. The van der Waals surface area contributed by atoms with Crippen molar-refractivity contribution < 1.29 is 22.7 Å². The van der Waals surface area contributed by atoms with E-state index in [0.29, 0.717) is 45.9 Å². The van der Waals surface area contributed by atoms with Crippen LogP contribution in [0.4, 0.5) is 5.69 Å². The fourth-order valence-corrected chi connectivity index (χ4v) is 5.88. The summed E-state index contributed by atoms with van der Waals surface area (Å²) in [4.78, 5) is 13.3. The molecule has 1 aliphatic heterocycles. The van der Waals surface area contributed by atoms with Crippen LogP contribution in [0.25, 0.3) is 0 Å². The molecule has 9 heteroatoms. The Bertz CT molecular complexity index is 1190. The van der Waals surface area contributed by atoms with Crippen LogP contribution in [0.3, 0.4) is 0 Å². The largest absolute Gasteiger partial charge is 0.486 e. The Balaban J connectivity index is 1.59. The van der Waals surface area contributed by atoms with Crippen molar-refractivity contribution in [2.75, 3.05) is 18.5 Å². The van der Waals surface area contributed by atoms with E-state index in [1.54, 1.807) is 25.1 Å². The highest BCUT2D eigenvalue weighted by Crippen LogP contribution is 2.34. The lowest BCUT2D eigenvalue weighted by Crippen LogP contribution is -2.16. The average Bonchev–Trinajstić information content (AvgIpc) is 3.10. The van der Waals surface area contributed by atoms with E-state index in [1.165, 1.54) is 29.6 Å². The van der Waals surface area contributed by atoms with Gasteiger partial charge in [0.2, 0.25) is 9.84 Å². The molecule has 1 N–H and O–H groups in total. The van der Waals surface area contributed by atoms with Crippen molar-refractivity contribution in [3.05, 3.63) is 63.3 Å². The number of amides is 1. The van der Waals surface area contributed by atoms with Crippen LogP contribution in [-0.2, 0) is 9.84 Å². The monoisotopic (exact) mass is 449 g/mol. The van der Waals surface area contributed by atoms with E-state index < -0.39 is 9.84 Å². The van der Waals surface area contributed by atoms with Gasteiger partial charge in [-0.2, -0.15) is 0 Å². The number of hydrogen-bond acceptors (Lipinski definition) is 6. The first-order chi connectivity index (χ1) is 13.9. The van der Waals surface area contributed by atoms with E-state index in [-0.39, 0.29) is 15.7 Å². The molecule has 1 aliphatic rings. The number of anilines is 1. The normalized spacial score (nSPS) is 13.2. The zero-order chi connectivity index (χ0) is 20.6. The second-order valence-electron chi connectivity index (χ2n) is 6.32. The van der Waals surface area contributed by atoms with Crippen LogP contribution in [0.5, 0.6) is 11.5 Å². The van der Waals surface area contributed by atoms with Crippen molar-refractivity contribution >= 4 is 44.4 Å². The van der Waals surface area contributed by atoms with Crippen molar-refractivity contribution in [2.45, 2.75) is 16.7 Å². The van der Waals surface area contributed by atoms with Gasteiger partial charge in [-0.3, -0.25) is 4.79 Å². The number of hydrogen-bond donors (Lipinski definition) is 1. The highest BCUT2D eigenvalue weighted by atomic mass is 35.5. The van der Waals surface area contributed by atoms with Crippen molar-refractivity contribution in [3.8, 4) is 11.5 Å². The molecule has 0 bridgehead atoms. The Hall–Kier alpha value is -2.55. The summed E-state index contributed by atoms with van der Waals surface area (Å²) >= 11 is 6.93. The van der Waals surface area contributed by atoms with Gasteiger partial charge in [0.15, 0.2) is 11.5 Å². The summed E-state index contributed by atoms with van der Waals surface area (Å²) in [6.45, 7) is 2.55. The second-order valence-corrected chi connectivity index (χ2v) is 9.56. The van der Waals surface area contributed by atoms with Crippen LogP contribution in [0, 0.1) is 6.92 Å². The zero-order valence-corrected chi connectivity index (χ0v) is 17.7. The van der Waals surface area contributed by atoms with Crippen molar-refractivity contribution in [1.82, 2.24) is 0 Å². The highest BCUT2D eigenvalue weighted by Gasteiger charge is 2.25. The Labute approximate surface area is 177 Å². The molecule has 29 heavy (non-hydrogen) atoms. The Kier molecular flexibility index (Phi) is 5.24. The summed E-state index contributed by atoms with van der Waals surface area (Å²) in [5.74, 6) is 0.794. The lowest BCUT2D eigenvalue weighted by atomic mass is 10.2. The minimum Gasteiger partial charge on any atom is -0.486 e. The lowest BCUT2D eigenvalue weighted by molar-refractivity contribution is 0.103. The topological polar surface area (TPSA) is 81.7 Å². The third-order valence-corrected chi connectivity index (χ3v) is 7.79. The first kappa shape index (κ1) is 19.8. The molecule has 0 aliphatic carbocycles. The quantitative estimate of drug-likeness (QED) is 0.631. The number of thiophene rings is 1. The third-order valence-electron chi connectivity index (χ3n) is 4.41. The molecule has 3 aromatic rings. The summed E-state index contributed by atoms with van der Waals surface area (Å²) in [7, 11) is -3.75. The van der Waals surface area contributed by atoms with Crippen LogP contribution < -0.4 is 14.8 Å². The summed E-state index contributed by atoms with van der Waals surface area (Å²) < 4.78 is 36.8. The molecule has 6 nitrogen and oxygen atoms in total. The number of ether oxygens (including phenoxy) is 2. The molecule has 0 atom stereocenters. The van der Waals surface area contributed by atoms with Gasteiger partial charge in [-0.25, -0.2) is 8.42 Å². The standard InChI is InChI=1S/C20H16ClNO5S2/c1-12-18(29(24,25)15-5-2-13(21)3-6-15)11-28-19(12)20(23)22-14-4-7-16-17(10-14)27-9-8-26-16/h2-7,10-11H,8-9H2,1H3,(H,22,23). The third kappa shape index (κ3) is 3.83. The molecule has 1 aromatic heterocycles. The molecule has 0 saturated heterocycles. The maximum atomic E-state index is 12.9. The summed E-state index contributed by atoms with van der Waals surface area (Å²) in [6, 6.07) is 11.0. The Morgan fingerprint density at radius 2 is 1.76 bits per heavy atom. The summed E-state index contributed by atoms with van der Waals surface area (Å²) in [6.07, 6.45) is 0. The van der Waals surface area contributed by atoms with Crippen LogP contribution >= 0.6 is 22.9 Å². The molecule has 2 heterocycles. The van der Waals surface area contributed by atoms with Gasteiger partial charge in [0.1, 0.15) is 13.2 Å². The van der Waals surface area contributed by atoms with E-state index in [9.17, 15) is 13.2 Å². The summed E-state index contributed by atoms with van der Waals surface area (Å²) in [5, 5.41) is 4.72. The molecule has 0 unspecified atom stereocenters. The van der Waals surface area contributed by atoms with E-state index in [0.717, 1.165) is 11.3 Å². The number of fused-ring (bicyclic) bond motifs is 1. The zero-order valence-electron chi connectivity index (χ0n) is 15.3. The highest BCUT2D eigenvalue weighted by molar-refractivity contribution is 7.91. The van der Waals surface area contributed by atoms with Gasteiger partial charge in [-0.1, -0.05) is 11.6 Å². The van der Waals surface area contributed by atoms with Crippen LogP contribution in [-0.4, -0.2) is 27.5 Å². The number of carbonyl (C=O) groups is 1. The minimum atomic E-state index is -3.75. The van der Waals surface area contributed by atoms with Gasteiger partial charge in [0.05, 0.1) is 14.7 Å². The minimum absolute atomic E-state index is 0.108. The van der Waals surface area contributed by atoms with E-state index in [4.69, 9.17) is 21.1 Å². The maximum absolute atomic E-state index is 12.9. The van der Waals surface area contributed by atoms with Gasteiger partial charge < -0.3 is 14.8 Å². The predicted molar refractivity (Wildman–Crippen MR) is 111 cm³/mol. The number of rotatable bonds is 4. The molecule has 0 fully saturated rings. The SMILES string of the molecule is Cc1c(S(=O)(=O)c2ccc(Cl)cc2)csc1C(=O)Nc1ccc2c(c1)OCCO2. The maximum Gasteiger partial charge on any atom is 0.266 e. The number of carbonyl (C=O) groups excluding carboxylic acids is 1. The molecule has 150 valence electrons. The molecule has 0 radical (unpaired) electrons. The smallest absolute Gasteiger partial charge is 0.266 e. The predicted octanol–water partition coefficient (Wildman–Crippen LogP) is 4.57. The Morgan fingerprint density at radius 3 is 2.48 bits per heavy atom. The Morgan fingerprint density at radius 1 is 1.07 bits per heavy atom. The fraction of sp³-hybridized carbons (Fsp3) is 0.150. The van der Waals surface area contributed by atoms with Gasteiger partial charge >= 0.3 is 0 Å². The number of sulfone groups is 1. The average molecular weight is 450 g/mol. The molecule has 0 spiro atoms. The van der Waals surface area contributed by atoms with Gasteiger partial charge in [0, 0.05) is 22.2 Å². The number of benzene rings is 2. The lowest BCUT2D eigenvalue weighted by Gasteiger charge is -2.19. The molecule has 2 aromatic carbocycles. The van der Waals surface area contributed by atoms with E-state index in [2.05, 4.69) is 5.32 Å². The van der Waals surface area contributed by atoms with Crippen molar-refractivity contribution in [1.29, 1.82) is 0 Å². The number of halogens is 1. The first-order valence-corrected chi connectivity index (χ1v) is 11.4. The van der Waals surface area contributed by atoms with Gasteiger partial charge in [-0.15, -0.1) is 11.3 Å². The van der Waals surface area contributed by atoms with Crippen LogP contribution in [0.2, 0.25) is 5.02 Å². The molecular formula is C20H16ClNO5S2. The fourth-order valence-electron chi connectivity index (χ4n) is 2.94. The van der Waals surface area contributed by atoms with Crippen molar-refractivity contribution in [3.63, 3.8) is 0 Å². The van der Waals surface area contributed by atoms with Crippen LogP contribution in [0.1, 0.15) is 15.2 Å². The van der Waals surface area contributed by atoms with Crippen LogP contribution in [0.15, 0.2) is 57.6 Å². The van der Waals surface area contributed by atoms with E-state index in [1.807, 2.05) is 0 Å². The second kappa shape index (κ2) is 7.70. The summed E-state index contributed by atoms with van der Waals surface area (Å²) in [5.41, 5.74) is 0.939. The van der Waals surface area contributed by atoms with Crippen molar-refractivity contribution in [2.24, 2.45) is 0 Å². The van der Waals surface area contributed by atoms with Gasteiger partial charge in [0.25, 0.3) is 5.91 Å². The van der Waals surface area contributed by atoms with Gasteiger partial charge in [-0.05, 0) is 48.9 Å². The first-order valence-electron chi connectivity index (χ1n) is 8.66. The molecule has 1 amide bonds. The van der Waals surface area contributed by atoms with E-state index >= 15 is 0 Å².